The quantitative estimate of drug-likeness (QED) is 0.707. The summed E-state index contributed by atoms with van der Waals surface area (Å²) >= 11 is 1.62. The van der Waals surface area contributed by atoms with Crippen molar-refractivity contribution in [2.45, 2.75) is 18.0 Å². The molecule has 0 saturated heterocycles. The molecule has 0 radical (unpaired) electrons. The van der Waals surface area contributed by atoms with Crippen LogP contribution in [0.4, 0.5) is 5.69 Å². The van der Waals surface area contributed by atoms with Crippen LogP contribution in [0.15, 0.2) is 53.4 Å². The molecule has 23 heavy (non-hydrogen) atoms. The molecule has 5 nitrogen and oxygen atoms in total. The first kappa shape index (κ1) is 15.6. The number of aromatic nitrogens is 2. The van der Waals surface area contributed by atoms with Crippen molar-refractivity contribution in [3.63, 3.8) is 0 Å². The summed E-state index contributed by atoms with van der Waals surface area (Å²) in [6.45, 7) is -0.0934. The Morgan fingerprint density at radius 3 is 2.87 bits per heavy atom. The second-order valence-electron chi connectivity index (χ2n) is 5.04. The maximum Gasteiger partial charge on any atom is 0.244 e. The van der Waals surface area contributed by atoms with Gasteiger partial charge in [0, 0.05) is 10.6 Å². The summed E-state index contributed by atoms with van der Waals surface area (Å²) in [4.78, 5) is 17.8. The number of aliphatic hydroxyl groups is 1. The van der Waals surface area contributed by atoms with E-state index in [9.17, 15) is 9.90 Å². The SMILES string of the molecule is CSc1cccc(NC(=O)Cn2c(CO)nc3ccccc32)c1. The van der Waals surface area contributed by atoms with Gasteiger partial charge in [0.1, 0.15) is 19.0 Å². The molecule has 3 aromatic rings. The number of carbonyl (C=O) groups is 1. The molecule has 1 heterocycles. The minimum Gasteiger partial charge on any atom is -0.388 e. The molecule has 0 saturated carbocycles. The molecule has 0 aliphatic heterocycles. The fraction of sp³-hybridized carbons (Fsp3) is 0.176. The molecule has 0 spiro atoms. The lowest BCUT2D eigenvalue weighted by Crippen LogP contribution is -2.20. The molecule has 1 amide bonds. The van der Waals surface area contributed by atoms with Crippen LogP contribution in [0.3, 0.4) is 0 Å². The Hall–Kier alpha value is -2.31. The first-order valence-corrected chi connectivity index (χ1v) is 8.42. The molecule has 6 heteroatoms. The van der Waals surface area contributed by atoms with E-state index >= 15 is 0 Å². The van der Waals surface area contributed by atoms with E-state index in [1.807, 2.05) is 54.8 Å². The van der Waals surface area contributed by atoms with Crippen LogP contribution in [-0.4, -0.2) is 26.8 Å². The summed E-state index contributed by atoms with van der Waals surface area (Å²) in [6, 6.07) is 15.2. The van der Waals surface area contributed by atoms with Gasteiger partial charge in [-0.15, -0.1) is 11.8 Å². The number of imidazole rings is 1. The number of hydrogen-bond acceptors (Lipinski definition) is 4. The largest absolute Gasteiger partial charge is 0.388 e. The highest BCUT2D eigenvalue weighted by Gasteiger charge is 2.13. The van der Waals surface area contributed by atoms with E-state index in [0.717, 1.165) is 21.6 Å². The lowest BCUT2D eigenvalue weighted by Gasteiger charge is -2.09. The monoisotopic (exact) mass is 327 g/mol. The number of para-hydroxylation sites is 2. The summed E-state index contributed by atoms with van der Waals surface area (Å²) in [5.74, 6) is 0.334. The molecular weight excluding hydrogens is 310 g/mol. The molecule has 2 N–H and O–H groups in total. The first-order chi connectivity index (χ1) is 11.2. The number of carbonyl (C=O) groups excluding carboxylic acids is 1. The summed E-state index contributed by atoms with van der Waals surface area (Å²) in [5.41, 5.74) is 2.37. The summed E-state index contributed by atoms with van der Waals surface area (Å²) in [5, 5.41) is 12.4. The number of nitrogens with zero attached hydrogens (tertiary/aromatic N) is 2. The maximum atomic E-state index is 12.3. The molecule has 0 aliphatic carbocycles. The fourth-order valence-electron chi connectivity index (χ4n) is 2.47. The third-order valence-electron chi connectivity index (χ3n) is 3.53. The Kier molecular flexibility index (Phi) is 4.64. The van der Waals surface area contributed by atoms with Gasteiger partial charge in [0.25, 0.3) is 0 Å². The Morgan fingerprint density at radius 2 is 2.09 bits per heavy atom. The summed E-state index contributed by atoms with van der Waals surface area (Å²) < 4.78 is 1.74. The average Bonchev–Trinajstić information content (AvgIpc) is 2.93. The molecule has 3 rings (SSSR count). The van der Waals surface area contributed by atoms with Crippen LogP contribution in [-0.2, 0) is 17.9 Å². The van der Waals surface area contributed by atoms with Crippen molar-refractivity contribution in [2.24, 2.45) is 0 Å². The van der Waals surface area contributed by atoms with Crippen LogP contribution in [0.2, 0.25) is 0 Å². The smallest absolute Gasteiger partial charge is 0.244 e. The highest BCUT2D eigenvalue weighted by Crippen LogP contribution is 2.20. The van der Waals surface area contributed by atoms with Crippen molar-refractivity contribution in [3.8, 4) is 0 Å². The fourth-order valence-corrected chi connectivity index (χ4v) is 2.93. The zero-order valence-electron chi connectivity index (χ0n) is 12.7. The van der Waals surface area contributed by atoms with Gasteiger partial charge >= 0.3 is 0 Å². The molecule has 0 atom stereocenters. The summed E-state index contributed by atoms with van der Waals surface area (Å²) in [6.07, 6.45) is 1.99. The van der Waals surface area contributed by atoms with Gasteiger partial charge < -0.3 is 15.0 Å². The van der Waals surface area contributed by atoms with Gasteiger partial charge in [0.05, 0.1) is 11.0 Å². The van der Waals surface area contributed by atoms with E-state index in [4.69, 9.17) is 0 Å². The standard InChI is InChI=1S/C17H17N3O2S/c1-23-13-6-4-5-12(9-13)18-17(22)10-20-15-8-3-2-7-14(15)19-16(20)11-21/h2-9,21H,10-11H2,1H3,(H,18,22). The molecule has 0 fully saturated rings. The van der Waals surface area contributed by atoms with Crippen molar-refractivity contribution in [2.75, 3.05) is 11.6 Å². The van der Waals surface area contributed by atoms with E-state index < -0.39 is 0 Å². The second kappa shape index (κ2) is 6.85. The van der Waals surface area contributed by atoms with E-state index in [0.29, 0.717) is 5.82 Å². The molecule has 1 aromatic heterocycles. The molecule has 2 aromatic carbocycles. The van der Waals surface area contributed by atoms with Crippen molar-refractivity contribution in [1.29, 1.82) is 0 Å². The zero-order chi connectivity index (χ0) is 16.2. The number of aliphatic hydroxyl groups excluding tert-OH is 1. The first-order valence-electron chi connectivity index (χ1n) is 7.20. The molecular formula is C17H17N3O2S. The van der Waals surface area contributed by atoms with Crippen molar-refractivity contribution >= 4 is 34.4 Å². The average molecular weight is 327 g/mol. The Bertz CT molecular complexity index is 845. The number of amides is 1. The summed E-state index contributed by atoms with van der Waals surface area (Å²) in [7, 11) is 0. The zero-order valence-corrected chi connectivity index (χ0v) is 13.5. The predicted molar refractivity (Wildman–Crippen MR) is 92.5 cm³/mol. The van der Waals surface area contributed by atoms with E-state index in [1.54, 1.807) is 16.3 Å². The molecule has 0 aliphatic rings. The number of fused-ring (bicyclic) bond motifs is 1. The van der Waals surface area contributed by atoms with E-state index in [-0.39, 0.29) is 19.1 Å². The minimum atomic E-state index is -0.204. The van der Waals surface area contributed by atoms with Crippen molar-refractivity contribution < 1.29 is 9.90 Å². The molecule has 118 valence electrons. The lowest BCUT2D eigenvalue weighted by molar-refractivity contribution is -0.116. The number of rotatable bonds is 5. The number of benzene rings is 2. The van der Waals surface area contributed by atoms with E-state index in [2.05, 4.69) is 10.3 Å². The Balaban J connectivity index is 1.82. The third kappa shape index (κ3) is 3.38. The van der Waals surface area contributed by atoms with Crippen LogP contribution in [0.25, 0.3) is 11.0 Å². The third-order valence-corrected chi connectivity index (χ3v) is 4.26. The second-order valence-corrected chi connectivity index (χ2v) is 5.92. The lowest BCUT2D eigenvalue weighted by atomic mass is 10.3. The van der Waals surface area contributed by atoms with Gasteiger partial charge in [-0.3, -0.25) is 4.79 Å². The van der Waals surface area contributed by atoms with Gasteiger partial charge in [0.2, 0.25) is 5.91 Å². The number of hydrogen-bond donors (Lipinski definition) is 2. The predicted octanol–water partition coefficient (Wildman–Crippen LogP) is 2.89. The van der Waals surface area contributed by atoms with Crippen LogP contribution in [0, 0.1) is 0 Å². The number of thioether (sulfide) groups is 1. The Morgan fingerprint density at radius 1 is 1.26 bits per heavy atom. The van der Waals surface area contributed by atoms with Gasteiger partial charge in [-0.1, -0.05) is 18.2 Å². The Labute approximate surface area is 138 Å². The van der Waals surface area contributed by atoms with Gasteiger partial charge in [0.15, 0.2) is 0 Å². The topological polar surface area (TPSA) is 67.2 Å². The maximum absolute atomic E-state index is 12.3. The van der Waals surface area contributed by atoms with Gasteiger partial charge in [-0.2, -0.15) is 0 Å². The highest BCUT2D eigenvalue weighted by atomic mass is 32.2. The van der Waals surface area contributed by atoms with Crippen LogP contribution in [0.1, 0.15) is 5.82 Å². The minimum absolute atomic E-state index is 0.111. The van der Waals surface area contributed by atoms with Gasteiger partial charge in [-0.05, 0) is 36.6 Å². The van der Waals surface area contributed by atoms with Crippen molar-refractivity contribution in [1.82, 2.24) is 9.55 Å². The van der Waals surface area contributed by atoms with E-state index in [1.165, 1.54) is 0 Å². The normalized spacial score (nSPS) is 10.9. The van der Waals surface area contributed by atoms with Crippen LogP contribution < -0.4 is 5.32 Å². The van der Waals surface area contributed by atoms with Crippen molar-refractivity contribution in [3.05, 3.63) is 54.4 Å². The molecule has 0 unspecified atom stereocenters. The number of nitrogens with one attached hydrogen (secondary N) is 1. The number of anilines is 1. The highest BCUT2D eigenvalue weighted by molar-refractivity contribution is 7.98. The van der Waals surface area contributed by atoms with Crippen LogP contribution >= 0.6 is 11.8 Å². The van der Waals surface area contributed by atoms with Gasteiger partial charge in [-0.25, -0.2) is 4.98 Å². The van der Waals surface area contributed by atoms with Crippen LogP contribution in [0.5, 0.6) is 0 Å². The molecule has 0 bridgehead atoms.